The van der Waals surface area contributed by atoms with Crippen molar-refractivity contribution in [1.82, 2.24) is 4.98 Å². The number of hydrogen-bond donors (Lipinski definition) is 0. The SMILES string of the molecule is Cc1cccc(/C=C(\C#N)c2nc(C)c(C)s2)c1. The van der Waals surface area contributed by atoms with Crippen molar-refractivity contribution >= 4 is 23.0 Å². The van der Waals surface area contributed by atoms with Gasteiger partial charge in [0.15, 0.2) is 0 Å². The van der Waals surface area contributed by atoms with Gasteiger partial charge in [0.05, 0.1) is 11.3 Å². The van der Waals surface area contributed by atoms with Gasteiger partial charge < -0.3 is 0 Å². The average Bonchev–Trinajstić information content (AvgIpc) is 2.66. The summed E-state index contributed by atoms with van der Waals surface area (Å²) in [5.74, 6) is 0. The molecule has 0 bridgehead atoms. The molecule has 0 aliphatic heterocycles. The molecule has 0 N–H and O–H groups in total. The molecule has 18 heavy (non-hydrogen) atoms. The second-order valence-electron chi connectivity index (χ2n) is 4.24. The van der Waals surface area contributed by atoms with E-state index in [9.17, 15) is 5.26 Å². The predicted octanol–water partition coefficient (Wildman–Crippen LogP) is 4.13. The van der Waals surface area contributed by atoms with Crippen LogP contribution in [0.25, 0.3) is 11.6 Å². The van der Waals surface area contributed by atoms with E-state index < -0.39 is 0 Å². The summed E-state index contributed by atoms with van der Waals surface area (Å²) in [5.41, 5.74) is 3.85. The van der Waals surface area contributed by atoms with Crippen LogP contribution in [0.5, 0.6) is 0 Å². The van der Waals surface area contributed by atoms with Crippen molar-refractivity contribution in [3.05, 3.63) is 51.0 Å². The third kappa shape index (κ3) is 2.66. The summed E-state index contributed by atoms with van der Waals surface area (Å²) in [6.07, 6.45) is 1.89. The minimum Gasteiger partial charge on any atom is -0.240 e. The number of aryl methyl sites for hydroxylation is 3. The van der Waals surface area contributed by atoms with Crippen LogP contribution in [0.2, 0.25) is 0 Å². The predicted molar refractivity (Wildman–Crippen MR) is 76.3 cm³/mol. The second kappa shape index (κ2) is 5.16. The van der Waals surface area contributed by atoms with E-state index in [0.29, 0.717) is 5.57 Å². The van der Waals surface area contributed by atoms with E-state index in [-0.39, 0.29) is 0 Å². The van der Waals surface area contributed by atoms with Gasteiger partial charge in [-0.2, -0.15) is 5.26 Å². The van der Waals surface area contributed by atoms with Crippen molar-refractivity contribution in [2.45, 2.75) is 20.8 Å². The number of aromatic nitrogens is 1. The van der Waals surface area contributed by atoms with Crippen molar-refractivity contribution in [2.24, 2.45) is 0 Å². The Morgan fingerprint density at radius 3 is 2.67 bits per heavy atom. The van der Waals surface area contributed by atoms with Crippen LogP contribution in [-0.4, -0.2) is 4.98 Å². The first-order valence-electron chi connectivity index (χ1n) is 5.73. The Balaban J connectivity index is 2.43. The molecule has 0 spiro atoms. The molecule has 3 heteroatoms. The fourth-order valence-electron chi connectivity index (χ4n) is 1.66. The molecule has 0 atom stereocenters. The van der Waals surface area contributed by atoms with E-state index >= 15 is 0 Å². The molecule has 2 aromatic rings. The smallest absolute Gasteiger partial charge is 0.134 e. The van der Waals surface area contributed by atoms with Gasteiger partial charge in [-0.25, -0.2) is 4.98 Å². The minimum absolute atomic E-state index is 0.627. The fourth-order valence-corrected chi connectivity index (χ4v) is 2.54. The highest BCUT2D eigenvalue weighted by Gasteiger charge is 2.08. The molecule has 1 aromatic heterocycles. The van der Waals surface area contributed by atoms with Crippen molar-refractivity contribution < 1.29 is 0 Å². The first-order chi connectivity index (χ1) is 8.60. The Labute approximate surface area is 111 Å². The molecular weight excluding hydrogens is 240 g/mol. The molecule has 90 valence electrons. The van der Waals surface area contributed by atoms with Gasteiger partial charge in [0, 0.05) is 4.88 Å². The summed E-state index contributed by atoms with van der Waals surface area (Å²) in [4.78, 5) is 5.59. The summed E-state index contributed by atoms with van der Waals surface area (Å²) in [5, 5.41) is 10.1. The van der Waals surface area contributed by atoms with Crippen molar-refractivity contribution in [3.63, 3.8) is 0 Å². The molecule has 0 radical (unpaired) electrons. The van der Waals surface area contributed by atoms with E-state index in [1.165, 1.54) is 5.56 Å². The topological polar surface area (TPSA) is 36.7 Å². The van der Waals surface area contributed by atoms with Gasteiger partial charge in [-0.15, -0.1) is 11.3 Å². The highest BCUT2D eigenvalue weighted by Crippen LogP contribution is 2.25. The van der Waals surface area contributed by atoms with Crippen LogP contribution in [0.1, 0.15) is 26.7 Å². The zero-order valence-electron chi connectivity index (χ0n) is 10.7. The molecule has 1 heterocycles. The number of nitrogens with zero attached hydrogens (tertiary/aromatic N) is 2. The average molecular weight is 254 g/mol. The number of benzene rings is 1. The van der Waals surface area contributed by atoms with Crippen LogP contribution in [0.15, 0.2) is 24.3 Å². The lowest BCUT2D eigenvalue weighted by Gasteiger charge is -1.97. The first kappa shape index (κ1) is 12.5. The summed E-state index contributed by atoms with van der Waals surface area (Å²) >= 11 is 1.57. The van der Waals surface area contributed by atoms with Gasteiger partial charge in [0.1, 0.15) is 11.1 Å². The molecule has 0 aliphatic rings. The summed E-state index contributed by atoms with van der Waals surface area (Å²) in [6, 6.07) is 10.3. The third-order valence-electron chi connectivity index (χ3n) is 2.73. The minimum atomic E-state index is 0.627. The normalized spacial score (nSPS) is 11.3. The lowest BCUT2D eigenvalue weighted by atomic mass is 10.1. The van der Waals surface area contributed by atoms with Gasteiger partial charge in [-0.05, 0) is 32.4 Å². The number of nitriles is 1. The molecule has 0 saturated carbocycles. The monoisotopic (exact) mass is 254 g/mol. The first-order valence-corrected chi connectivity index (χ1v) is 6.54. The van der Waals surface area contributed by atoms with Gasteiger partial charge in [-0.1, -0.05) is 29.8 Å². The van der Waals surface area contributed by atoms with Crippen LogP contribution in [0, 0.1) is 32.1 Å². The molecule has 0 unspecified atom stereocenters. The molecule has 2 rings (SSSR count). The van der Waals surface area contributed by atoms with Crippen LogP contribution < -0.4 is 0 Å². The van der Waals surface area contributed by atoms with Crippen LogP contribution in [0.4, 0.5) is 0 Å². The van der Waals surface area contributed by atoms with E-state index in [1.807, 2.05) is 45.0 Å². The number of allylic oxidation sites excluding steroid dienone is 1. The lowest BCUT2D eigenvalue weighted by molar-refractivity contribution is 1.21. The Morgan fingerprint density at radius 1 is 1.33 bits per heavy atom. The van der Waals surface area contributed by atoms with Crippen molar-refractivity contribution in [3.8, 4) is 6.07 Å². The summed E-state index contributed by atoms with van der Waals surface area (Å²) < 4.78 is 0. The molecular formula is C15H14N2S. The maximum atomic E-state index is 9.26. The summed E-state index contributed by atoms with van der Waals surface area (Å²) in [6.45, 7) is 6.04. The molecule has 2 nitrogen and oxygen atoms in total. The highest BCUT2D eigenvalue weighted by molar-refractivity contribution is 7.12. The van der Waals surface area contributed by atoms with E-state index in [4.69, 9.17) is 0 Å². The number of rotatable bonds is 2. The van der Waals surface area contributed by atoms with Gasteiger partial charge in [-0.3, -0.25) is 0 Å². The van der Waals surface area contributed by atoms with E-state index in [1.54, 1.807) is 11.3 Å². The quantitative estimate of drug-likeness (QED) is 0.755. The second-order valence-corrected chi connectivity index (χ2v) is 5.45. The van der Waals surface area contributed by atoms with Crippen LogP contribution in [-0.2, 0) is 0 Å². The van der Waals surface area contributed by atoms with Crippen molar-refractivity contribution in [1.29, 1.82) is 5.26 Å². The number of thiazole rings is 1. The largest absolute Gasteiger partial charge is 0.240 e. The maximum absolute atomic E-state index is 9.26. The lowest BCUT2D eigenvalue weighted by Crippen LogP contribution is -1.82. The van der Waals surface area contributed by atoms with Crippen LogP contribution >= 0.6 is 11.3 Å². The molecule has 0 saturated heterocycles. The fraction of sp³-hybridized carbons (Fsp3) is 0.200. The molecule has 0 fully saturated rings. The van der Waals surface area contributed by atoms with Crippen LogP contribution in [0.3, 0.4) is 0 Å². The van der Waals surface area contributed by atoms with Gasteiger partial charge >= 0.3 is 0 Å². The van der Waals surface area contributed by atoms with E-state index in [2.05, 4.69) is 17.1 Å². The standard InChI is InChI=1S/C15H14N2S/c1-10-5-4-6-13(7-10)8-14(9-16)15-17-11(2)12(3)18-15/h4-8H,1-3H3/b14-8+. The third-order valence-corrected chi connectivity index (χ3v) is 3.84. The Hall–Kier alpha value is -1.92. The zero-order valence-corrected chi connectivity index (χ0v) is 11.5. The van der Waals surface area contributed by atoms with E-state index in [0.717, 1.165) is 21.1 Å². The Bertz CT molecular complexity index is 625. The zero-order chi connectivity index (χ0) is 13.1. The Morgan fingerprint density at radius 2 is 2.11 bits per heavy atom. The van der Waals surface area contributed by atoms with Gasteiger partial charge in [0.2, 0.25) is 0 Å². The van der Waals surface area contributed by atoms with Gasteiger partial charge in [0.25, 0.3) is 0 Å². The maximum Gasteiger partial charge on any atom is 0.134 e. The molecule has 0 amide bonds. The highest BCUT2D eigenvalue weighted by atomic mass is 32.1. The molecule has 0 aliphatic carbocycles. The molecule has 1 aromatic carbocycles. The Kier molecular flexibility index (Phi) is 3.59. The number of hydrogen-bond acceptors (Lipinski definition) is 3. The summed E-state index contributed by atoms with van der Waals surface area (Å²) in [7, 11) is 0. The van der Waals surface area contributed by atoms with Crippen molar-refractivity contribution in [2.75, 3.05) is 0 Å².